The number of nitrogens with one attached hydrogen (secondary N) is 1. The van der Waals surface area contributed by atoms with Crippen molar-refractivity contribution < 1.29 is 9.90 Å². The molecule has 1 aliphatic heterocycles. The van der Waals surface area contributed by atoms with Crippen LogP contribution in [0.3, 0.4) is 0 Å². The third kappa shape index (κ3) is 2.27. The standard InChI is InChI=1S/C14H16ClN3O2/c1-8(18-6-2-3-12(18)14(19)20)13-16-10-5-4-9(15)7-11(10)17-13/h4-5,7-8,12H,2-3,6H2,1H3,(H,16,17)(H,19,20). The molecule has 2 atom stereocenters. The molecule has 1 saturated heterocycles. The Kier molecular flexibility index (Phi) is 3.40. The molecule has 2 aromatic rings. The summed E-state index contributed by atoms with van der Waals surface area (Å²) in [7, 11) is 0. The first-order valence-electron chi connectivity index (χ1n) is 6.70. The molecule has 1 aromatic carbocycles. The maximum atomic E-state index is 11.3. The molecule has 0 spiro atoms. The normalized spacial score (nSPS) is 21.4. The van der Waals surface area contributed by atoms with Gasteiger partial charge in [-0.2, -0.15) is 0 Å². The van der Waals surface area contributed by atoms with Gasteiger partial charge < -0.3 is 10.1 Å². The van der Waals surface area contributed by atoms with Gasteiger partial charge in [0, 0.05) is 5.02 Å². The van der Waals surface area contributed by atoms with Crippen molar-refractivity contribution >= 4 is 28.6 Å². The lowest BCUT2D eigenvalue weighted by molar-refractivity contribution is -0.142. The molecule has 2 unspecified atom stereocenters. The van der Waals surface area contributed by atoms with E-state index in [1.807, 2.05) is 24.0 Å². The average molecular weight is 294 g/mol. The van der Waals surface area contributed by atoms with E-state index >= 15 is 0 Å². The Bertz CT molecular complexity index is 655. The molecule has 2 heterocycles. The minimum atomic E-state index is -0.756. The third-order valence-corrected chi connectivity index (χ3v) is 4.17. The van der Waals surface area contributed by atoms with Crippen LogP contribution in [0.5, 0.6) is 0 Å². The number of carboxylic acids is 1. The number of aromatic nitrogens is 2. The number of carboxylic acid groups (broad SMARTS) is 1. The molecule has 2 N–H and O–H groups in total. The number of rotatable bonds is 3. The number of benzene rings is 1. The monoisotopic (exact) mass is 293 g/mol. The molecule has 1 aromatic heterocycles. The molecule has 1 fully saturated rings. The lowest BCUT2D eigenvalue weighted by Gasteiger charge is -2.26. The highest BCUT2D eigenvalue weighted by molar-refractivity contribution is 6.31. The minimum absolute atomic E-state index is 0.0511. The summed E-state index contributed by atoms with van der Waals surface area (Å²) in [5, 5.41) is 9.92. The van der Waals surface area contributed by atoms with Crippen LogP contribution in [-0.2, 0) is 4.79 Å². The van der Waals surface area contributed by atoms with Crippen molar-refractivity contribution in [3.05, 3.63) is 29.0 Å². The van der Waals surface area contributed by atoms with Gasteiger partial charge in [0.1, 0.15) is 11.9 Å². The van der Waals surface area contributed by atoms with E-state index in [4.69, 9.17) is 11.6 Å². The summed E-state index contributed by atoms with van der Waals surface area (Å²) in [5.41, 5.74) is 1.73. The predicted octanol–water partition coefficient (Wildman–Crippen LogP) is 2.83. The van der Waals surface area contributed by atoms with Crippen LogP contribution in [0.4, 0.5) is 0 Å². The smallest absolute Gasteiger partial charge is 0.320 e. The number of nitrogens with zero attached hydrogens (tertiary/aromatic N) is 2. The average Bonchev–Trinajstić information content (AvgIpc) is 3.03. The Labute approximate surface area is 121 Å². The van der Waals surface area contributed by atoms with Crippen molar-refractivity contribution in [2.75, 3.05) is 6.54 Å². The summed E-state index contributed by atoms with van der Waals surface area (Å²) in [6.07, 6.45) is 1.61. The van der Waals surface area contributed by atoms with E-state index in [2.05, 4.69) is 9.97 Å². The molecule has 0 aliphatic carbocycles. The molecular formula is C14H16ClN3O2. The molecule has 3 rings (SSSR count). The first kappa shape index (κ1) is 13.4. The Hall–Kier alpha value is -1.59. The van der Waals surface area contributed by atoms with Gasteiger partial charge >= 0.3 is 5.97 Å². The second-order valence-corrected chi connectivity index (χ2v) is 5.63. The summed E-state index contributed by atoms with van der Waals surface area (Å²) < 4.78 is 0. The number of hydrogen-bond donors (Lipinski definition) is 2. The number of aliphatic carboxylic acids is 1. The lowest BCUT2D eigenvalue weighted by atomic mass is 10.2. The van der Waals surface area contributed by atoms with Crippen LogP contribution in [0, 0.1) is 0 Å². The van der Waals surface area contributed by atoms with Crippen LogP contribution in [-0.4, -0.2) is 38.5 Å². The van der Waals surface area contributed by atoms with Gasteiger partial charge in [-0.15, -0.1) is 0 Å². The Morgan fingerprint density at radius 2 is 2.40 bits per heavy atom. The van der Waals surface area contributed by atoms with Gasteiger partial charge in [0.2, 0.25) is 0 Å². The third-order valence-electron chi connectivity index (χ3n) is 3.93. The number of halogens is 1. The van der Waals surface area contributed by atoms with Crippen molar-refractivity contribution in [1.82, 2.24) is 14.9 Å². The lowest BCUT2D eigenvalue weighted by Crippen LogP contribution is -2.38. The molecule has 6 heteroatoms. The molecule has 0 saturated carbocycles. The number of imidazole rings is 1. The van der Waals surface area contributed by atoms with Crippen LogP contribution in [0.2, 0.25) is 5.02 Å². The molecule has 0 bridgehead atoms. The zero-order valence-electron chi connectivity index (χ0n) is 11.1. The van der Waals surface area contributed by atoms with E-state index in [9.17, 15) is 9.90 Å². The second kappa shape index (κ2) is 5.07. The SMILES string of the molecule is CC(c1nc2ccc(Cl)cc2[nH]1)N1CCCC1C(=O)O. The number of hydrogen-bond acceptors (Lipinski definition) is 3. The topological polar surface area (TPSA) is 69.2 Å². The molecule has 20 heavy (non-hydrogen) atoms. The van der Waals surface area contributed by atoms with Gasteiger partial charge in [-0.25, -0.2) is 4.98 Å². The highest BCUT2D eigenvalue weighted by Gasteiger charge is 2.35. The molecular weight excluding hydrogens is 278 g/mol. The van der Waals surface area contributed by atoms with Gasteiger partial charge in [-0.3, -0.25) is 9.69 Å². The Morgan fingerprint density at radius 3 is 3.15 bits per heavy atom. The molecule has 1 aliphatic rings. The number of aromatic amines is 1. The largest absolute Gasteiger partial charge is 0.480 e. The highest BCUT2D eigenvalue weighted by atomic mass is 35.5. The number of likely N-dealkylation sites (tertiary alicyclic amines) is 1. The number of fused-ring (bicyclic) bond motifs is 1. The maximum Gasteiger partial charge on any atom is 0.320 e. The van der Waals surface area contributed by atoms with Crippen LogP contribution in [0.15, 0.2) is 18.2 Å². The maximum absolute atomic E-state index is 11.3. The summed E-state index contributed by atoms with van der Waals surface area (Å²) >= 11 is 5.96. The quantitative estimate of drug-likeness (QED) is 0.913. The first-order valence-corrected chi connectivity index (χ1v) is 7.08. The predicted molar refractivity (Wildman–Crippen MR) is 76.9 cm³/mol. The van der Waals surface area contributed by atoms with Crippen LogP contribution in [0.1, 0.15) is 31.6 Å². The van der Waals surface area contributed by atoms with E-state index < -0.39 is 12.0 Å². The second-order valence-electron chi connectivity index (χ2n) is 5.19. The Balaban J connectivity index is 1.91. The van der Waals surface area contributed by atoms with Crippen molar-refractivity contribution in [3.8, 4) is 0 Å². The van der Waals surface area contributed by atoms with Gasteiger partial charge in [-0.05, 0) is 44.5 Å². The van der Waals surface area contributed by atoms with E-state index in [0.29, 0.717) is 11.4 Å². The van der Waals surface area contributed by atoms with E-state index in [1.54, 1.807) is 6.07 Å². The zero-order valence-corrected chi connectivity index (χ0v) is 11.9. The highest BCUT2D eigenvalue weighted by Crippen LogP contribution is 2.29. The van der Waals surface area contributed by atoms with E-state index in [1.165, 1.54) is 0 Å². The Morgan fingerprint density at radius 1 is 1.60 bits per heavy atom. The zero-order chi connectivity index (χ0) is 14.3. The van der Waals surface area contributed by atoms with Crippen molar-refractivity contribution in [2.24, 2.45) is 0 Å². The van der Waals surface area contributed by atoms with Gasteiger partial charge in [0.15, 0.2) is 0 Å². The summed E-state index contributed by atoms with van der Waals surface area (Å²) in [6.45, 7) is 2.77. The molecule has 106 valence electrons. The fourth-order valence-corrected chi connectivity index (χ4v) is 3.05. The number of carbonyl (C=O) groups is 1. The van der Waals surface area contributed by atoms with Crippen molar-refractivity contribution in [2.45, 2.75) is 31.8 Å². The number of H-pyrrole nitrogens is 1. The molecule has 5 nitrogen and oxygen atoms in total. The summed E-state index contributed by atoms with van der Waals surface area (Å²) in [4.78, 5) is 21.0. The van der Waals surface area contributed by atoms with Crippen LogP contribution in [0.25, 0.3) is 11.0 Å². The summed E-state index contributed by atoms with van der Waals surface area (Å²) in [6, 6.07) is 5.03. The van der Waals surface area contributed by atoms with E-state index in [-0.39, 0.29) is 6.04 Å². The molecule has 0 radical (unpaired) electrons. The van der Waals surface area contributed by atoms with Crippen LogP contribution >= 0.6 is 11.6 Å². The van der Waals surface area contributed by atoms with E-state index in [0.717, 1.165) is 29.8 Å². The van der Waals surface area contributed by atoms with Crippen LogP contribution < -0.4 is 0 Å². The first-order chi connectivity index (χ1) is 9.56. The minimum Gasteiger partial charge on any atom is -0.480 e. The van der Waals surface area contributed by atoms with Crippen molar-refractivity contribution in [1.29, 1.82) is 0 Å². The van der Waals surface area contributed by atoms with Gasteiger partial charge in [0.25, 0.3) is 0 Å². The van der Waals surface area contributed by atoms with Gasteiger partial charge in [0.05, 0.1) is 17.1 Å². The fourth-order valence-electron chi connectivity index (χ4n) is 2.87. The molecule has 0 amide bonds. The fraction of sp³-hybridized carbons (Fsp3) is 0.429. The van der Waals surface area contributed by atoms with Crippen molar-refractivity contribution in [3.63, 3.8) is 0 Å². The summed E-state index contributed by atoms with van der Waals surface area (Å²) in [5.74, 6) is 0.0314. The van der Waals surface area contributed by atoms with Gasteiger partial charge in [-0.1, -0.05) is 11.6 Å².